The maximum Gasteiger partial charge on any atom is 0.307 e. The highest BCUT2D eigenvalue weighted by Crippen LogP contribution is 2.26. The van der Waals surface area contributed by atoms with Crippen molar-refractivity contribution in [3.63, 3.8) is 0 Å². The van der Waals surface area contributed by atoms with Crippen LogP contribution >= 0.6 is 0 Å². The number of aryl methyl sites for hydroxylation is 1. The smallest absolute Gasteiger partial charge is 0.307 e. The zero-order valence-corrected chi connectivity index (χ0v) is 17.1. The van der Waals surface area contributed by atoms with Crippen LogP contribution in [0.1, 0.15) is 28.8 Å². The second-order valence-electron chi connectivity index (χ2n) is 6.92. The number of ether oxygens (including phenoxy) is 1. The van der Waals surface area contributed by atoms with Crippen molar-refractivity contribution in [2.75, 3.05) is 20.2 Å². The molecule has 0 bridgehead atoms. The van der Waals surface area contributed by atoms with Gasteiger partial charge in [0, 0.05) is 30.8 Å². The number of benzene rings is 2. The summed E-state index contributed by atoms with van der Waals surface area (Å²) in [5.74, 6) is 0.200. The van der Waals surface area contributed by atoms with Gasteiger partial charge in [-0.15, -0.1) is 0 Å². The third-order valence-electron chi connectivity index (χ3n) is 4.89. The van der Waals surface area contributed by atoms with Crippen molar-refractivity contribution < 1.29 is 14.3 Å². The molecule has 0 saturated heterocycles. The van der Waals surface area contributed by atoms with Gasteiger partial charge in [0.15, 0.2) is 0 Å². The molecular weight excluding hydrogens is 382 g/mol. The number of nitrogens with two attached hydrogens (primary N) is 2. The molecule has 0 aliphatic heterocycles. The van der Waals surface area contributed by atoms with Gasteiger partial charge in [0.2, 0.25) is 0 Å². The summed E-state index contributed by atoms with van der Waals surface area (Å²) in [7, 11) is 1.32. The van der Waals surface area contributed by atoms with Crippen LogP contribution in [-0.4, -0.2) is 41.6 Å². The molecular formula is C22H27N5O3. The molecule has 3 aromatic rings. The fourth-order valence-electron chi connectivity index (χ4n) is 3.24. The maximum absolute atomic E-state index is 12.4. The predicted molar refractivity (Wildman–Crippen MR) is 116 cm³/mol. The number of rotatable bonds is 9. The first kappa shape index (κ1) is 21.5. The number of nitrogens with zero attached hydrogens (tertiary/aromatic N) is 2. The van der Waals surface area contributed by atoms with Crippen LogP contribution in [0.15, 0.2) is 42.5 Å². The third-order valence-corrected chi connectivity index (χ3v) is 4.89. The summed E-state index contributed by atoms with van der Waals surface area (Å²) in [5, 5.41) is 2.73. The number of fused-ring (bicyclic) bond motifs is 1. The molecule has 0 unspecified atom stereocenters. The first-order valence-electron chi connectivity index (χ1n) is 9.92. The Balaban J connectivity index is 1.90. The largest absolute Gasteiger partial charge is 0.469 e. The number of hydrogen-bond donors (Lipinski definition) is 3. The van der Waals surface area contributed by atoms with Gasteiger partial charge in [-0.3, -0.25) is 9.59 Å². The molecule has 30 heavy (non-hydrogen) atoms. The number of esters is 1. The zero-order valence-electron chi connectivity index (χ0n) is 17.1. The van der Waals surface area contributed by atoms with Crippen LogP contribution in [0.5, 0.6) is 0 Å². The second-order valence-corrected chi connectivity index (χ2v) is 6.92. The summed E-state index contributed by atoms with van der Waals surface area (Å²) in [6.45, 7) is 2.00. The number of aromatic nitrogens is 2. The topological polar surface area (TPSA) is 125 Å². The number of carbonyl (C=O) groups is 2. The van der Waals surface area contributed by atoms with Crippen LogP contribution < -0.4 is 16.8 Å². The fraction of sp³-hybridized carbons (Fsp3) is 0.318. The highest BCUT2D eigenvalue weighted by Gasteiger charge is 2.15. The quantitative estimate of drug-likeness (QED) is 0.463. The molecule has 2 aromatic carbocycles. The van der Waals surface area contributed by atoms with Crippen LogP contribution in [0.4, 0.5) is 0 Å². The number of methoxy groups -OCH3 is 1. The number of imidazole rings is 1. The minimum Gasteiger partial charge on any atom is -0.469 e. The number of carbonyl (C=O) groups excluding carboxylic acids is 2. The number of amides is 1. The molecule has 1 amide bonds. The SMILES string of the molecule is COC(=O)CCNC(=O)c1ccc2c(c1)nc(-c1ccc(CN)cc1)n2CCCN. The van der Waals surface area contributed by atoms with E-state index in [1.165, 1.54) is 7.11 Å². The molecule has 158 valence electrons. The zero-order chi connectivity index (χ0) is 21.5. The van der Waals surface area contributed by atoms with Gasteiger partial charge in [0.1, 0.15) is 5.82 Å². The van der Waals surface area contributed by atoms with E-state index in [1.54, 1.807) is 12.1 Å². The van der Waals surface area contributed by atoms with E-state index >= 15 is 0 Å². The van der Waals surface area contributed by atoms with E-state index in [-0.39, 0.29) is 24.8 Å². The highest BCUT2D eigenvalue weighted by molar-refractivity contribution is 5.98. The monoisotopic (exact) mass is 409 g/mol. The van der Waals surface area contributed by atoms with Gasteiger partial charge >= 0.3 is 5.97 Å². The lowest BCUT2D eigenvalue weighted by Gasteiger charge is -2.09. The van der Waals surface area contributed by atoms with Crippen LogP contribution in [0, 0.1) is 0 Å². The summed E-state index contributed by atoms with van der Waals surface area (Å²) < 4.78 is 6.70. The lowest BCUT2D eigenvalue weighted by molar-refractivity contribution is -0.140. The Kier molecular flexibility index (Phi) is 7.16. The summed E-state index contributed by atoms with van der Waals surface area (Å²) in [5.41, 5.74) is 15.6. The van der Waals surface area contributed by atoms with Crippen molar-refractivity contribution in [1.82, 2.24) is 14.9 Å². The molecule has 0 fully saturated rings. The van der Waals surface area contributed by atoms with E-state index in [0.29, 0.717) is 18.7 Å². The van der Waals surface area contributed by atoms with Crippen LogP contribution in [0.2, 0.25) is 0 Å². The summed E-state index contributed by atoms with van der Waals surface area (Å²) >= 11 is 0. The Morgan fingerprint density at radius 1 is 1.13 bits per heavy atom. The van der Waals surface area contributed by atoms with E-state index in [1.807, 2.05) is 30.3 Å². The standard InChI is InChI=1S/C22H27N5O3/c1-30-20(28)9-11-25-22(29)17-7-8-19-18(13-17)26-21(27(19)12-2-10-23)16-5-3-15(14-24)4-6-16/h3-8,13H,2,9-12,14,23-24H2,1H3,(H,25,29). The van der Waals surface area contributed by atoms with Crippen molar-refractivity contribution in [2.45, 2.75) is 25.9 Å². The summed E-state index contributed by atoms with van der Waals surface area (Å²) in [4.78, 5) is 28.4. The third kappa shape index (κ3) is 4.84. The Morgan fingerprint density at radius 2 is 1.90 bits per heavy atom. The van der Waals surface area contributed by atoms with Crippen molar-refractivity contribution in [3.05, 3.63) is 53.6 Å². The van der Waals surface area contributed by atoms with Gasteiger partial charge in [-0.2, -0.15) is 0 Å². The number of hydrogen-bond acceptors (Lipinski definition) is 6. The fourth-order valence-corrected chi connectivity index (χ4v) is 3.24. The van der Waals surface area contributed by atoms with E-state index in [4.69, 9.17) is 16.5 Å². The average Bonchev–Trinajstić information content (AvgIpc) is 3.15. The Hall–Kier alpha value is -3.23. The van der Waals surface area contributed by atoms with Gasteiger partial charge in [0.05, 0.1) is 24.6 Å². The lowest BCUT2D eigenvalue weighted by atomic mass is 10.1. The van der Waals surface area contributed by atoms with Gasteiger partial charge in [0.25, 0.3) is 5.91 Å². The molecule has 3 rings (SSSR count). The number of nitrogens with one attached hydrogen (secondary N) is 1. The molecule has 0 atom stereocenters. The maximum atomic E-state index is 12.4. The van der Waals surface area contributed by atoms with Crippen molar-refractivity contribution in [1.29, 1.82) is 0 Å². The Labute approximate surface area is 175 Å². The van der Waals surface area contributed by atoms with Crippen molar-refractivity contribution >= 4 is 22.9 Å². The minimum absolute atomic E-state index is 0.126. The molecule has 0 aliphatic carbocycles. The van der Waals surface area contributed by atoms with Crippen molar-refractivity contribution in [3.8, 4) is 11.4 Å². The van der Waals surface area contributed by atoms with Gasteiger partial charge in [-0.05, 0) is 36.7 Å². The Morgan fingerprint density at radius 3 is 2.57 bits per heavy atom. The second kappa shape index (κ2) is 10.00. The normalized spacial score (nSPS) is 10.9. The van der Waals surface area contributed by atoms with E-state index < -0.39 is 0 Å². The van der Waals surface area contributed by atoms with Gasteiger partial charge in [-0.25, -0.2) is 4.98 Å². The molecule has 1 aromatic heterocycles. The van der Waals surface area contributed by atoms with Crippen LogP contribution in [-0.2, 0) is 22.6 Å². The summed E-state index contributed by atoms with van der Waals surface area (Å²) in [6.07, 6.45) is 0.941. The van der Waals surface area contributed by atoms with Gasteiger partial charge < -0.3 is 26.1 Å². The van der Waals surface area contributed by atoms with E-state index in [0.717, 1.165) is 41.0 Å². The van der Waals surface area contributed by atoms with Crippen LogP contribution in [0.3, 0.4) is 0 Å². The summed E-state index contributed by atoms with van der Waals surface area (Å²) in [6, 6.07) is 13.4. The predicted octanol–water partition coefficient (Wildman–Crippen LogP) is 1.80. The highest BCUT2D eigenvalue weighted by atomic mass is 16.5. The minimum atomic E-state index is -0.366. The Bertz CT molecular complexity index is 1030. The lowest BCUT2D eigenvalue weighted by Crippen LogP contribution is -2.26. The molecule has 0 aliphatic rings. The van der Waals surface area contributed by atoms with Crippen LogP contribution in [0.25, 0.3) is 22.4 Å². The molecule has 5 N–H and O–H groups in total. The van der Waals surface area contributed by atoms with Crippen molar-refractivity contribution in [2.24, 2.45) is 11.5 Å². The molecule has 8 heteroatoms. The van der Waals surface area contributed by atoms with Gasteiger partial charge in [-0.1, -0.05) is 24.3 Å². The average molecular weight is 409 g/mol. The first-order valence-corrected chi connectivity index (χ1v) is 9.92. The molecule has 0 saturated carbocycles. The molecule has 0 radical (unpaired) electrons. The molecule has 1 heterocycles. The van der Waals surface area contributed by atoms with E-state index in [9.17, 15) is 9.59 Å². The van der Waals surface area contributed by atoms with E-state index in [2.05, 4.69) is 14.6 Å². The molecule has 0 spiro atoms. The first-order chi connectivity index (χ1) is 14.6. The molecule has 8 nitrogen and oxygen atoms in total.